The molecule has 1 fully saturated rings. The molecule has 1 saturated heterocycles. The Kier molecular flexibility index (Phi) is 6.46. The van der Waals surface area contributed by atoms with Crippen LogP contribution in [0.15, 0.2) is 48.5 Å². The van der Waals surface area contributed by atoms with Crippen molar-refractivity contribution in [2.24, 2.45) is 0 Å². The standard InChI is InChI=1S/C20H19NO3S.Na/c22-19-18(25-20(23)21-19)12-14-6-9-17-15(10-14)7-8-16(24-17)11-13-4-2-1-3-5-13;/h1-6,9-10,16,18H,7-8,11-12H2,(H,21,22,23);. The number of carbonyl (C=O) groups excluding carboxylic acids is 2. The zero-order chi connectivity index (χ0) is 17.2. The van der Waals surface area contributed by atoms with Crippen molar-refractivity contribution in [2.45, 2.75) is 37.0 Å². The van der Waals surface area contributed by atoms with Gasteiger partial charge in [0.25, 0.3) is 5.24 Å². The Balaban J connectivity index is 0.00000196. The second-order valence-electron chi connectivity index (χ2n) is 6.50. The fourth-order valence-electron chi connectivity index (χ4n) is 3.39. The maximum Gasteiger partial charge on any atom is 0.286 e. The van der Waals surface area contributed by atoms with Crippen LogP contribution in [-0.2, 0) is 24.1 Å². The maximum absolute atomic E-state index is 11.7. The van der Waals surface area contributed by atoms with Crippen LogP contribution < -0.4 is 10.1 Å². The van der Waals surface area contributed by atoms with E-state index in [9.17, 15) is 9.59 Å². The zero-order valence-corrected chi connectivity index (χ0v) is 17.6. The van der Waals surface area contributed by atoms with Crippen LogP contribution in [0.4, 0.5) is 4.79 Å². The van der Waals surface area contributed by atoms with Gasteiger partial charge in [0, 0.05) is 36.0 Å². The van der Waals surface area contributed by atoms with Crippen molar-refractivity contribution in [1.82, 2.24) is 5.32 Å². The van der Waals surface area contributed by atoms with Gasteiger partial charge in [0.1, 0.15) is 11.9 Å². The van der Waals surface area contributed by atoms with Crippen LogP contribution in [-0.4, -0.2) is 52.1 Å². The molecule has 4 rings (SSSR count). The predicted octanol–water partition coefficient (Wildman–Crippen LogP) is 3.14. The van der Waals surface area contributed by atoms with Crippen molar-refractivity contribution in [2.75, 3.05) is 0 Å². The van der Waals surface area contributed by atoms with Crippen LogP contribution in [0.25, 0.3) is 0 Å². The molecule has 2 unspecified atom stereocenters. The number of nitrogens with one attached hydrogen (secondary N) is 1. The molecule has 129 valence electrons. The summed E-state index contributed by atoms with van der Waals surface area (Å²) in [7, 11) is 0. The van der Waals surface area contributed by atoms with E-state index >= 15 is 0 Å². The molecule has 2 aromatic carbocycles. The maximum atomic E-state index is 11.7. The van der Waals surface area contributed by atoms with E-state index in [-0.39, 0.29) is 52.1 Å². The first-order valence-electron chi connectivity index (χ1n) is 8.51. The van der Waals surface area contributed by atoms with Gasteiger partial charge >= 0.3 is 0 Å². The first-order valence-corrected chi connectivity index (χ1v) is 9.39. The summed E-state index contributed by atoms with van der Waals surface area (Å²) in [6.07, 6.45) is 3.66. The normalized spacial score (nSPS) is 21.4. The minimum Gasteiger partial charge on any atom is -0.490 e. The van der Waals surface area contributed by atoms with Gasteiger partial charge < -0.3 is 4.74 Å². The van der Waals surface area contributed by atoms with E-state index in [0.29, 0.717) is 6.42 Å². The second-order valence-corrected chi connectivity index (χ2v) is 7.67. The van der Waals surface area contributed by atoms with Crippen LogP contribution in [0.2, 0.25) is 0 Å². The number of amides is 2. The summed E-state index contributed by atoms with van der Waals surface area (Å²) in [4.78, 5) is 23.0. The summed E-state index contributed by atoms with van der Waals surface area (Å²) in [6.45, 7) is 0. The van der Waals surface area contributed by atoms with Crippen LogP contribution in [0.5, 0.6) is 5.75 Å². The van der Waals surface area contributed by atoms with Crippen molar-refractivity contribution in [1.29, 1.82) is 0 Å². The number of benzene rings is 2. The molecular formula is C20H19NNaO3S. The molecule has 4 nitrogen and oxygen atoms in total. The Morgan fingerprint density at radius 1 is 1.04 bits per heavy atom. The SMILES string of the molecule is O=C1NC(=O)C(Cc2ccc3c(c2)CCC(Cc2ccccc2)O3)S1.[Na]. The number of fused-ring (bicyclic) bond motifs is 1. The third-order valence-electron chi connectivity index (χ3n) is 4.65. The molecule has 0 aromatic heterocycles. The van der Waals surface area contributed by atoms with E-state index in [1.807, 2.05) is 18.2 Å². The quantitative estimate of drug-likeness (QED) is 0.833. The van der Waals surface area contributed by atoms with Crippen LogP contribution >= 0.6 is 11.8 Å². The van der Waals surface area contributed by atoms with Crippen molar-refractivity contribution >= 4 is 52.5 Å². The second kappa shape index (κ2) is 8.61. The van der Waals surface area contributed by atoms with Crippen LogP contribution in [0, 0.1) is 0 Å². The Morgan fingerprint density at radius 3 is 2.58 bits per heavy atom. The van der Waals surface area contributed by atoms with E-state index in [1.54, 1.807) is 0 Å². The van der Waals surface area contributed by atoms with Gasteiger partial charge in [-0.05, 0) is 42.0 Å². The third kappa shape index (κ3) is 4.52. The fraction of sp³-hybridized carbons (Fsp3) is 0.300. The Hall–Kier alpha value is -1.27. The molecule has 0 bridgehead atoms. The molecule has 2 amide bonds. The number of imide groups is 1. The topological polar surface area (TPSA) is 55.4 Å². The predicted molar refractivity (Wildman–Crippen MR) is 104 cm³/mol. The van der Waals surface area contributed by atoms with E-state index in [1.165, 1.54) is 11.1 Å². The molecule has 6 heteroatoms. The molecule has 0 aliphatic carbocycles. The Labute approximate surface area is 179 Å². The van der Waals surface area contributed by atoms with Gasteiger partial charge in [0.2, 0.25) is 5.91 Å². The zero-order valence-electron chi connectivity index (χ0n) is 14.7. The van der Waals surface area contributed by atoms with E-state index in [4.69, 9.17) is 4.74 Å². The number of aryl methyl sites for hydroxylation is 1. The van der Waals surface area contributed by atoms with Gasteiger partial charge in [-0.1, -0.05) is 54.2 Å². The number of rotatable bonds is 4. The first kappa shape index (κ1) is 19.5. The van der Waals surface area contributed by atoms with Crippen molar-refractivity contribution in [3.05, 3.63) is 65.2 Å². The number of thioether (sulfide) groups is 1. The van der Waals surface area contributed by atoms with Crippen molar-refractivity contribution < 1.29 is 14.3 Å². The average Bonchev–Trinajstić information content (AvgIpc) is 2.93. The molecule has 0 spiro atoms. The van der Waals surface area contributed by atoms with Gasteiger partial charge in [0.05, 0.1) is 5.25 Å². The summed E-state index contributed by atoms with van der Waals surface area (Å²) < 4.78 is 6.16. The molecule has 2 heterocycles. The monoisotopic (exact) mass is 376 g/mol. The molecule has 2 atom stereocenters. The molecule has 2 aromatic rings. The molecule has 2 aliphatic heterocycles. The molecule has 1 radical (unpaired) electrons. The van der Waals surface area contributed by atoms with Gasteiger partial charge in [0.15, 0.2) is 0 Å². The van der Waals surface area contributed by atoms with Crippen molar-refractivity contribution in [3.63, 3.8) is 0 Å². The van der Waals surface area contributed by atoms with Crippen molar-refractivity contribution in [3.8, 4) is 5.75 Å². The summed E-state index contributed by atoms with van der Waals surface area (Å²) >= 11 is 1.08. The van der Waals surface area contributed by atoms with E-state index < -0.39 is 0 Å². The number of hydrogen-bond donors (Lipinski definition) is 1. The molecular weight excluding hydrogens is 357 g/mol. The van der Waals surface area contributed by atoms with Gasteiger partial charge in [-0.15, -0.1) is 0 Å². The molecule has 26 heavy (non-hydrogen) atoms. The first-order chi connectivity index (χ1) is 12.2. The Bertz CT molecular complexity index is 812. The molecule has 2 aliphatic rings. The number of carbonyl (C=O) groups is 2. The van der Waals surface area contributed by atoms with Gasteiger partial charge in [-0.3, -0.25) is 14.9 Å². The minimum absolute atomic E-state index is 0. The van der Waals surface area contributed by atoms with Crippen LogP contribution in [0.3, 0.4) is 0 Å². The minimum atomic E-state index is -0.319. The fourth-order valence-corrected chi connectivity index (χ4v) is 4.25. The molecule has 1 N–H and O–H groups in total. The van der Waals surface area contributed by atoms with Gasteiger partial charge in [-0.25, -0.2) is 0 Å². The number of ether oxygens (including phenoxy) is 1. The van der Waals surface area contributed by atoms with Crippen LogP contribution in [0.1, 0.15) is 23.1 Å². The molecule has 0 saturated carbocycles. The largest absolute Gasteiger partial charge is 0.490 e. The van der Waals surface area contributed by atoms with E-state index in [2.05, 4.69) is 35.6 Å². The Morgan fingerprint density at radius 2 is 1.85 bits per heavy atom. The van der Waals surface area contributed by atoms with Gasteiger partial charge in [-0.2, -0.15) is 0 Å². The summed E-state index contributed by atoms with van der Waals surface area (Å²) in [5.41, 5.74) is 3.56. The summed E-state index contributed by atoms with van der Waals surface area (Å²) in [5, 5.41) is 1.77. The average molecular weight is 376 g/mol. The smallest absolute Gasteiger partial charge is 0.286 e. The third-order valence-corrected chi connectivity index (χ3v) is 5.63. The number of hydrogen-bond acceptors (Lipinski definition) is 4. The summed E-state index contributed by atoms with van der Waals surface area (Å²) in [6, 6.07) is 16.5. The van der Waals surface area contributed by atoms with E-state index in [0.717, 1.165) is 42.3 Å². The summed E-state index contributed by atoms with van der Waals surface area (Å²) in [5.74, 6) is 0.752.